The van der Waals surface area contributed by atoms with Crippen molar-refractivity contribution in [1.29, 1.82) is 0 Å². The van der Waals surface area contributed by atoms with E-state index in [-0.39, 0.29) is 0 Å². The lowest BCUT2D eigenvalue weighted by atomic mass is 9.97. The molecule has 0 saturated carbocycles. The van der Waals surface area contributed by atoms with Gasteiger partial charge in [0.15, 0.2) is 0 Å². The number of rotatable bonds is 2. The molecule has 0 atom stereocenters. The third kappa shape index (κ3) is 2.92. The van der Waals surface area contributed by atoms with Crippen LogP contribution in [0.25, 0.3) is 0 Å². The molecule has 0 aliphatic rings. The standard InChI is InChI=1S/C11H13F3OS/c1-10(2,15)8-5-4-7(11(12,13)14)6-9(8)16-3/h4-6,15H,1-3H3. The largest absolute Gasteiger partial charge is 0.416 e. The van der Waals surface area contributed by atoms with Crippen molar-refractivity contribution < 1.29 is 18.3 Å². The third-order valence-electron chi connectivity index (χ3n) is 2.19. The van der Waals surface area contributed by atoms with Gasteiger partial charge in [-0.3, -0.25) is 0 Å². The molecule has 1 nitrogen and oxygen atoms in total. The Hall–Kier alpha value is -0.680. The summed E-state index contributed by atoms with van der Waals surface area (Å²) in [6, 6.07) is 3.39. The maximum Gasteiger partial charge on any atom is 0.416 e. The second-order valence-electron chi connectivity index (χ2n) is 3.97. The molecule has 0 amide bonds. The SMILES string of the molecule is CSc1cc(C(F)(F)F)ccc1C(C)(C)O. The fourth-order valence-electron chi connectivity index (χ4n) is 1.37. The Balaban J connectivity index is 3.28. The number of alkyl halides is 3. The van der Waals surface area contributed by atoms with E-state index in [0.29, 0.717) is 10.5 Å². The van der Waals surface area contributed by atoms with E-state index in [1.54, 1.807) is 20.1 Å². The Labute approximate surface area is 96.7 Å². The quantitative estimate of drug-likeness (QED) is 0.808. The molecule has 0 bridgehead atoms. The van der Waals surface area contributed by atoms with Gasteiger partial charge in [-0.05, 0) is 37.8 Å². The zero-order valence-electron chi connectivity index (χ0n) is 9.22. The molecule has 0 fully saturated rings. The van der Waals surface area contributed by atoms with Crippen LogP contribution in [0.1, 0.15) is 25.0 Å². The lowest BCUT2D eigenvalue weighted by Crippen LogP contribution is -2.17. The van der Waals surface area contributed by atoms with Crippen LogP contribution in [0.2, 0.25) is 0 Å². The minimum Gasteiger partial charge on any atom is -0.386 e. The van der Waals surface area contributed by atoms with Crippen molar-refractivity contribution in [3.63, 3.8) is 0 Å². The first-order chi connectivity index (χ1) is 7.16. The van der Waals surface area contributed by atoms with Crippen LogP contribution < -0.4 is 0 Å². The van der Waals surface area contributed by atoms with Crippen molar-refractivity contribution in [2.24, 2.45) is 0 Å². The smallest absolute Gasteiger partial charge is 0.386 e. The van der Waals surface area contributed by atoms with Crippen LogP contribution in [-0.4, -0.2) is 11.4 Å². The molecule has 90 valence electrons. The highest BCUT2D eigenvalue weighted by molar-refractivity contribution is 7.98. The first-order valence-electron chi connectivity index (χ1n) is 4.64. The summed E-state index contributed by atoms with van der Waals surface area (Å²) in [7, 11) is 0. The summed E-state index contributed by atoms with van der Waals surface area (Å²) in [5, 5.41) is 9.80. The maximum absolute atomic E-state index is 12.5. The van der Waals surface area contributed by atoms with Crippen LogP contribution in [-0.2, 0) is 11.8 Å². The second kappa shape index (κ2) is 4.30. The first kappa shape index (κ1) is 13.4. The molecule has 5 heteroatoms. The van der Waals surface area contributed by atoms with Crippen molar-refractivity contribution in [3.05, 3.63) is 29.3 Å². The molecule has 0 spiro atoms. The van der Waals surface area contributed by atoms with Crippen LogP contribution in [0.15, 0.2) is 23.1 Å². The van der Waals surface area contributed by atoms with E-state index in [9.17, 15) is 18.3 Å². The molecule has 0 aliphatic carbocycles. The highest BCUT2D eigenvalue weighted by Gasteiger charge is 2.32. The molecule has 0 heterocycles. The van der Waals surface area contributed by atoms with Crippen molar-refractivity contribution in [1.82, 2.24) is 0 Å². The number of thioether (sulfide) groups is 1. The fraction of sp³-hybridized carbons (Fsp3) is 0.455. The predicted molar refractivity (Wildman–Crippen MR) is 58.5 cm³/mol. The normalized spacial score (nSPS) is 12.9. The second-order valence-corrected chi connectivity index (χ2v) is 4.82. The van der Waals surface area contributed by atoms with Crippen LogP contribution in [0.4, 0.5) is 13.2 Å². The molecule has 1 aromatic carbocycles. The van der Waals surface area contributed by atoms with Gasteiger partial charge in [0.1, 0.15) is 0 Å². The fourth-order valence-corrected chi connectivity index (χ4v) is 2.16. The van der Waals surface area contributed by atoms with E-state index in [1.807, 2.05) is 0 Å². The molecule has 0 radical (unpaired) electrons. The van der Waals surface area contributed by atoms with Crippen LogP contribution in [0, 0.1) is 0 Å². The molecule has 1 rings (SSSR count). The van der Waals surface area contributed by atoms with Gasteiger partial charge < -0.3 is 5.11 Å². The van der Waals surface area contributed by atoms with Crippen molar-refractivity contribution >= 4 is 11.8 Å². The lowest BCUT2D eigenvalue weighted by molar-refractivity contribution is -0.137. The Morgan fingerprint density at radius 1 is 1.19 bits per heavy atom. The zero-order chi connectivity index (χ0) is 12.6. The number of halogens is 3. The summed E-state index contributed by atoms with van der Waals surface area (Å²) in [5.74, 6) is 0. The van der Waals surface area contributed by atoms with E-state index in [0.717, 1.165) is 12.1 Å². The Kier molecular flexibility index (Phi) is 3.59. The van der Waals surface area contributed by atoms with Gasteiger partial charge >= 0.3 is 6.18 Å². The van der Waals surface area contributed by atoms with E-state index in [4.69, 9.17) is 0 Å². The number of benzene rings is 1. The molecule has 0 aromatic heterocycles. The van der Waals surface area contributed by atoms with Gasteiger partial charge in [-0.25, -0.2) is 0 Å². The Morgan fingerprint density at radius 3 is 2.12 bits per heavy atom. The number of aliphatic hydroxyl groups is 1. The molecule has 0 aliphatic heterocycles. The molecular weight excluding hydrogens is 237 g/mol. The van der Waals surface area contributed by atoms with Crippen LogP contribution in [0.5, 0.6) is 0 Å². The van der Waals surface area contributed by atoms with Gasteiger partial charge in [-0.1, -0.05) is 6.07 Å². The summed E-state index contributed by atoms with van der Waals surface area (Å²) in [4.78, 5) is 0.447. The average molecular weight is 250 g/mol. The van der Waals surface area contributed by atoms with Gasteiger partial charge in [0.2, 0.25) is 0 Å². The first-order valence-corrected chi connectivity index (χ1v) is 5.87. The summed E-state index contributed by atoms with van der Waals surface area (Å²) in [5.41, 5.74) is -1.32. The molecule has 16 heavy (non-hydrogen) atoms. The Morgan fingerprint density at radius 2 is 1.75 bits per heavy atom. The predicted octanol–water partition coefficient (Wildman–Crippen LogP) is 3.65. The molecule has 1 N–H and O–H groups in total. The van der Waals surface area contributed by atoms with Gasteiger partial charge in [-0.2, -0.15) is 13.2 Å². The highest BCUT2D eigenvalue weighted by atomic mass is 32.2. The third-order valence-corrected chi connectivity index (χ3v) is 2.97. The number of hydrogen-bond acceptors (Lipinski definition) is 2. The molecule has 1 aromatic rings. The van der Waals surface area contributed by atoms with E-state index >= 15 is 0 Å². The summed E-state index contributed by atoms with van der Waals surface area (Å²) in [6.07, 6.45) is -2.66. The molecular formula is C11H13F3OS. The average Bonchev–Trinajstić information content (AvgIpc) is 2.14. The van der Waals surface area contributed by atoms with Crippen LogP contribution in [0.3, 0.4) is 0 Å². The minimum absolute atomic E-state index is 0.447. The summed E-state index contributed by atoms with van der Waals surface area (Å²) in [6.45, 7) is 3.10. The zero-order valence-corrected chi connectivity index (χ0v) is 10.0. The van der Waals surface area contributed by atoms with Crippen LogP contribution >= 0.6 is 11.8 Å². The number of hydrogen-bond donors (Lipinski definition) is 1. The molecule has 0 saturated heterocycles. The monoisotopic (exact) mass is 250 g/mol. The van der Waals surface area contributed by atoms with Gasteiger partial charge in [0.05, 0.1) is 11.2 Å². The van der Waals surface area contributed by atoms with Crippen molar-refractivity contribution in [3.8, 4) is 0 Å². The lowest BCUT2D eigenvalue weighted by Gasteiger charge is -2.22. The molecule has 0 unspecified atom stereocenters. The van der Waals surface area contributed by atoms with Gasteiger partial charge in [0.25, 0.3) is 0 Å². The van der Waals surface area contributed by atoms with Gasteiger partial charge in [-0.15, -0.1) is 11.8 Å². The van der Waals surface area contributed by atoms with Gasteiger partial charge in [0, 0.05) is 4.90 Å². The van der Waals surface area contributed by atoms with E-state index in [2.05, 4.69) is 0 Å². The minimum atomic E-state index is -4.34. The maximum atomic E-state index is 12.5. The summed E-state index contributed by atoms with van der Waals surface area (Å²) < 4.78 is 37.4. The topological polar surface area (TPSA) is 20.2 Å². The van der Waals surface area contributed by atoms with E-state index < -0.39 is 17.3 Å². The van der Waals surface area contributed by atoms with Crippen molar-refractivity contribution in [2.75, 3.05) is 6.26 Å². The highest BCUT2D eigenvalue weighted by Crippen LogP contribution is 2.36. The van der Waals surface area contributed by atoms with Crippen molar-refractivity contribution in [2.45, 2.75) is 30.5 Å². The summed E-state index contributed by atoms with van der Waals surface area (Å²) >= 11 is 1.19. The van der Waals surface area contributed by atoms with E-state index in [1.165, 1.54) is 17.8 Å². The Bertz CT molecular complexity index is 380.